The summed E-state index contributed by atoms with van der Waals surface area (Å²) in [5, 5.41) is 1.75. The molecule has 1 heterocycles. The van der Waals surface area contributed by atoms with E-state index in [-0.39, 0.29) is 17.8 Å². The molecule has 8 aromatic carbocycles. The molecule has 4 nitrogen and oxygen atoms in total. The van der Waals surface area contributed by atoms with E-state index in [2.05, 4.69) is 70.5 Å². The molecule has 0 amide bonds. The minimum atomic E-state index is -0.445. The van der Waals surface area contributed by atoms with Crippen LogP contribution in [0.2, 0.25) is 0 Å². The van der Waals surface area contributed by atoms with E-state index >= 15 is 0 Å². The molecule has 4 heteroatoms. The van der Waals surface area contributed by atoms with Gasteiger partial charge >= 0.3 is 0 Å². The van der Waals surface area contributed by atoms with Crippen LogP contribution in [0.15, 0.2) is 217 Å². The lowest BCUT2D eigenvalue weighted by Gasteiger charge is -2.30. The van der Waals surface area contributed by atoms with Crippen LogP contribution in [-0.4, -0.2) is 0 Å². The lowest BCUT2D eigenvalue weighted by molar-refractivity contribution is 0.669. The van der Waals surface area contributed by atoms with Gasteiger partial charge in [0.15, 0.2) is 0 Å². The van der Waals surface area contributed by atoms with Crippen LogP contribution >= 0.6 is 0 Å². The quantitative estimate of drug-likeness (QED) is 0.152. The van der Waals surface area contributed by atoms with Gasteiger partial charge < -0.3 is 19.1 Å². The van der Waals surface area contributed by atoms with Crippen molar-refractivity contribution in [2.24, 2.45) is 0 Å². The second kappa shape index (κ2) is 13.7. The Balaban J connectivity index is 1.34. The Labute approximate surface area is 310 Å². The van der Waals surface area contributed by atoms with Gasteiger partial charge in [0.05, 0.1) is 23.6 Å². The molecule has 1 aromatic heterocycles. The van der Waals surface area contributed by atoms with Gasteiger partial charge in [-0.25, -0.2) is 0 Å². The van der Waals surface area contributed by atoms with Crippen molar-refractivity contribution in [2.75, 3.05) is 14.7 Å². The third-order valence-electron chi connectivity index (χ3n) is 9.06. The molecular weight excluding hydrogens is 635 g/mol. The van der Waals surface area contributed by atoms with E-state index in [4.69, 9.17) is 11.3 Å². The fraction of sp³-hybridized carbons (Fsp3) is 0. The second-order valence-electron chi connectivity index (χ2n) is 12.3. The zero-order valence-electron chi connectivity index (χ0n) is 33.1. The largest absolute Gasteiger partial charge is 0.456 e. The zero-order valence-corrected chi connectivity index (χ0v) is 28.1. The number of benzene rings is 8. The molecule has 0 N–H and O–H groups in total. The third kappa shape index (κ3) is 5.82. The molecule has 248 valence electrons. The highest BCUT2D eigenvalue weighted by atomic mass is 16.3. The number of hydrogen-bond donors (Lipinski definition) is 0. The molecule has 0 saturated heterocycles. The summed E-state index contributed by atoms with van der Waals surface area (Å²) < 4.78 is 49.9. The van der Waals surface area contributed by atoms with Gasteiger partial charge in [0.1, 0.15) is 11.2 Å². The number of rotatable bonds is 9. The van der Waals surface area contributed by atoms with Gasteiger partial charge in [-0.2, -0.15) is 0 Å². The SMILES string of the molecule is [2H]c1c([2H])c([2H])c(N(c2ccccc2)c2ccc3c(c2)oc2cc(N(c4ccccc4)c4ccccc4)cc(N(c4ccccc4)c4ccccc4)c23)c([2H])c1[2H]. The first-order valence-corrected chi connectivity index (χ1v) is 17.1. The number of hydrogen-bond acceptors (Lipinski definition) is 4. The van der Waals surface area contributed by atoms with Crippen LogP contribution < -0.4 is 14.7 Å². The predicted octanol–water partition coefficient (Wildman–Crippen LogP) is 14.0. The number of anilines is 9. The maximum Gasteiger partial charge on any atom is 0.139 e. The smallest absolute Gasteiger partial charge is 0.139 e. The molecule has 9 aromatic rings. The van der Waals surface area contributed by atoms with E-state index in [0.29, 0.717) is 22.5 Å². The summed E-state index contributed by atoms with van der Waals surface area (Å²) in [7, 11) is 0. The average molecular weight is 675 g/mol. The normalized spacial score (nSPS) is 12.4. The van der Waals surface area contributed by atoms with E-state index in [1.807, 2.05) is 121 Å². The van der Waals surface area contributed by atoms with E-state index in [0.717, 1.165) is 44.9 Å². The van der Waals surface area contributed by atoms with Crippen LogP contribution in [0.3, 0.4) is 0 Å². The van der Waals surface area contributed by atoms with E-state index < -0.39 is 18.1 Å². The first-order valence-electron chi connectivity index (χ1n) is 19.6. The van der Waals surface area contributed by atoms with Gasteiger partial charge in [-0.05, 0) is 90.9 Å². The van der Waals surface area contributed by atoms with Crippen molar-refractivity contribution in [2.45, 2.75) is 0 Å². The summed E-state index contributed by atoms with van der Waals surface area (Å²) in [4.78, 5) is 6.16. The molecule has 0 aliphatic heterocycles. The topological polar surface area (TPSA) is 22.9 Å². The fourth-order valence-corrected chi connectivity index (χ4v) is 6.83. The molecule has 0 fully saturated rings. The minimum absolute atomic E-state index is 0.0475. The van der Waals surface area contributed by atoms with Gasteiger partial charge in [-0.3, -0.25) is 0 Å². The Bertz CT molecular complexity index is 2750. The van der Waals surface area contributed by atoms with Gasteiger partial charge in [-0.1, -0.05) is 109 Å². The Hall–Kier alpha value is -7.04. The first-order chi connectivity index (χ1) is 27.9. The maximum absolute atomic E-state index is 8.91. The molecule has 0 radical (unpaired) electrons. The molecule has 0 unspecified atom stereocenters. The number of furan rings is 1. The highest BCUT2D eigenvalue weighted by Crippen LogP contribution is 2.48. The van der Waals surface area contributed by atoms with Crippen molar-refractivity contribution >= 4 is 73.1 Å². The Morgan fingerprint density at radius 1 is 0.346 bits per heavy atom. The monoisotopic (exact) mass is 674 g/mol. The highest BCUT2D eigenvalue weighted by molar-refractivity contribution is 6.15. The van der Waals surface area contributed by atoms with E-state index in [1.165, 1.54) is 0 Å². The van der Waals surface area contributed by atoms with Crippen LogP contribution in [0, 0.1) is 0 Å². The Morgan fingerprint density at radius 3 is 1.25 bits per heavy atom. The van der Waals surface area contributed by atoms with Crippen molar-refractivity contribution in [3.63, 3.8) is 0 Å². The lowest BCUT2D eigenvalue weighted by Crippen LogP contribution is -2.13. The van der Waals surface area contributed by atoms with Crippen molar-refractivity contribution < 1.29 is 11.3 Å². The highest BCUT2D eigenvalue weighted by Gasteiger charge is 2.24. The number of fused-ring (bicyclic) bond motifs is 3. The summed E-state index contributed by atoms with van der Waals surface area (Å²) >= 11 is 0. The van der Waals surface area contributed by atoms with Crippen molar-refractivity contribution in [1.82, 2.24) is 0 Å². The maximum atomic E-state index is 8.91. The van der Waals surface area contributed by atoms with E-state index in [9.17, 15) is 0 Å². The van der Waals surface area contributed by atoms with Gasteiger partial charge in [0.25, 0.3) is 0 Å². The molecule has 0 aliphatic carbocycles. The van der Waals surface area contributed by atoms with E-state index in [1.54, 1.807) is 4.90 Å². The minimum Gasteiger partial charge on any atom is -0.456 e. The van der Waals surface area contributed by atoms with Crippen LogP contribution in [0.1, 0.15) is 6.85 Å². The number of para-hydroxylation sites is 6. The fourth-order valence-electron chi connectivity index (χ4n) is 6.83. The van der Waals surface area contributed by atoms with Crippen molar-refractivity contribution in [3.8, 4) is 0 Å². The summed E-state index contributed by atoms with van der Waals surface area (Å²) in [6.07, 6.45) is 0. The van der Waals surface area contributed by atoms with Crippen molar-refractivity contribution in [3.05, 3.63) is 212 Å². The van der Waals surface area contributed by atoms with Crippen molar-refractivity contribution in [1.29, 1.82) is 0 Å². The Kier molecular flexibility index (Phi) is 6.81. The predicted molar refractivity (Wildman–Crippen MR) is 218 cm³/mol. The molecule has 0 saturated carbocycles. The molecule has 0 aliphatic rings. The van der Waals surface area contributed by atoms with Crippen LogP contribution in [0.5, 0.6) is 0 Å². The standard InChI is InChI=1S/C48H35N3O/c1-7-19-36(20-8-1)49(37-21-9-2-10-22-37)42-31-32-44-46(34-42)52-47-35-43(50(38-23-11-3-12-24-38)39-25-13-4-14-26-39)33-45(48(44)47)51(40-27-15-5-16-28-40)41-29-17-6-18-30-41/h1-35H/i1D,7D,8D,19D,20D. The molecule has 0 atom stereocenters. The van der Waals surface area contributed by atoms with Gasteiger partial charge in [0.2, 0.25) is 0 Å². The molecule has 0 spiro atoms. The average Bonchev–Trinajstić information content (AvgIpc) is 3.64. The van der Waals surface area contributed by atoms with Gasteiger partial charge in [-0.15, -0.1) is 0 Å². The second-order valence-corrected chi connectivity index (χ2v) is 12.3. The summed E-state index contributed by atoms with van der Waals surface area (Å²) in [6, 6.07) is 58.5. The summed E-state index contributed by atoms with van der Waals surface area (Å²) in [5.74, 6) is 0. The van der Waals surface area contributed by atoms with Crippen LogP contribution in [0.25, 0.3) is 21.9 Å². The third-order valence-corrected chi connectivity index (χ3v) is 9.06. The Morgan fingerprint density at radius 2 is 0.769 bits per heavy atom. The zero-order chi connectivity index (χ0) is 39.0. The molecule has 0 bridgehead atoms. The number of nitrogens with zero attached hydrogens (tertiary/aromatic N) is 3. The summed E-state index contributed by atoms with van der Waals surface area (Å²) in [5.41, 5.74) is 8.16. The molecule has 9 rings (SSSR count). The molecule has 52 heavy (non-hydrogen) atoms. The van der Waals surface area contributed by atoms with Gasteiger partial charge in [0, 0.05) is 57.3 Å². The molecular formula is C48H35N3O. The van der Waals surface area contributed by atoms with Crippen LogP contribution in [-0.2, 0) is 0 Å². The van der Waals surface area contributed by atoms with Crippen LogP contribution in [0.4, 0.5) is 51.2 Å². The first kappa shape index (κ1) is 25.9. The summed E-state index contributed by atoms with van der Waals surface area (Å²) in [6.45, 7) is 0. The lowest BCUT2D eigenvalue weighted by atomic mass is 10.0.